The van der Waals surface area contributed by atoms with Crippen LogP contribution in [0, 0.1) is 0 Å². The van der Waals surface area contributed by atoms with E-state index in [0.717, 1.165) is 30.4 Å². The SMILES string of the molecule is CCCNCC(CCc1cncc(Br)c1)c1ccccc1. The minimum absolute atomic E-state index is 0.553. The lowest BCUT2D eigenvalue weighted by atomic mass is 9.92. The van der Waals surface area contributed by atoms with Gasteiger partial charge in [0.25, 0.3) is 0 Å². The molecule has 0 aliphatic rings. The van der Waals surface area contributed by atoms with E-state index in [0.29, 0.717) is 5.92 Å². The van der Waals surface area contributed by atoms with Crippen molar-refractivity contribution in [2.45, 2.75) is 32.1 Å². The lowest BCUT2D eigenvalue weighted by molar-refractivity contribution is 0.548. The molecular weight excluding hydrogens is 324 g/mol. The molecular formula is C18H23BrN2. The third-order valence-electron chi connectivity index (χ3n) is 3.63. The average molecular weight is 347 g/mol. The first-order valence-electron chi connectivity index (χ1n) is 7.64. The van der Waals surface area contributed by atoms with Gasteiger partial charge in [0.05, 0.1) is 0 Å². The summed E-state index contributed by atoms with van der Waals surface area (Å²) in [4.78, 5) is 4.25. The minimum Gasteiger partial charge on any atom is -0.316 e. The summed E-state index contributed by atoms with van der Waals surface area (Å²) in [5, 5.41) is 3.56. The highest BCUT2D eigenvalue weighted by Crippen LogP contribution is 2.22. The fraction of sp³-hybridized carbons (Fsp3) is 0.389. The van der Waals surface area contributed by atoms with Crippen LogP contribution < -0.4 is 5.32 Å². The number of pyridine rings is 1. The van der Waals surface area contributed by atoms with Gasteiger partial charge in [-0.2, -0.15) is 0 Å². The summed E-state index contributed by atoms with van der Waals surface area (Å²) in [5.41, 5.74) is 2.71. The molecule has 0 saturated heterocycles. The first kappa shape index (κ1) is 16.2. The Morgan fingerprint density at radius 2 is 2.00 bits per heavy atom. The average Bonchev–Trinajstić information content (AvgIpc) is 2.52. The van der Waals surface area contributed by atoms with Gasteiger partial charge in [0, 0.05) is 23.4 Å². The van der Waals surface area contributed by atoms with Gasteiger partial charge >= 0.3 is 0 Å². The van der Waals surface area contributed by atoms with Gasteiger partial charge in [0.15, 0.2) is 0 Å². The molecule has 1 aromatic heterocycles. The van der Waals surface area contributed by atoms with E-state index >= 15 is 0 Å². The van der Waals surface area contributed by atoms with E-state index in [-0.39, 0.29) is 0 Å². The number of nitrogens with one attached hydrogen (secondary N) is 1. The quantitative estimate of drug-likeness (QED) is 0.708. The fourth-order valence-electron chi connectivity index (χ4n) is 2.50. The van der Waals surface area contributed by atoms with Crippen molar-refractivity contribution in [3.63, 3.8) is 0 Å². The van der Waals surface area contributed by atoms with Crippen molar-refractivity contribution in [2.24, 2.45) is 0 Å². The first-order valence-corrected chi connectivity index (χ1v) is 8.44. The monoisotopic (exact) mass is 346 g/mol. The second-order valence-corrected chi connectivity index (χ2v) is 6.28. The molecule has 2 rings (SSSR count). The number of hydrogen-bond donors (Lipinski definition) is 1. The van der Waals surface area contributed by atoms with Crippen LogP contribution in [-0.2, 0) is 6.42 Å². The summed E-state index contributed by atoms with van der Waals surface area (Å²) in [6, 6.07) is 13.0. The summed E-state index contributed by atoms with van der Waals surface area (Å²) in [6.07, 6.45) is 7.17. The Hall–Kier alpha value is -1.19. The highest BCUT2D eigenvalue weighted by molar-refractivity contribution is 9.10. The third-order valence-corrected chi connectivity index (χ3v) is 4.07. The van der Waals surface area contributed by atoms with Gasteiger partial charge < -0.3 is 5.32 Å². The van der Waals surface area contributed by atoms with Gasteiger partial charge in [-0.1, -0.05) is 37.3 Å². The summed E-state index contributed by atoms with van der Waals surface area (Å²) >= 11 is 3.49. The van der Waals surface area contributed by atoms with Crippen molar-refractivity contribution >= 4 is 15.9 Å². The molecule has 0 saturated carbocycles. The van der Waals surface area contributed by atoms with Crippen molar-refractivity contribution in [2.75, 3.05) is 13.1 Å². The first-order chi connectivity index (χ1) is 10.3. The smallest absolute Gasteiger partial charge is 0.0410 e. The largest absolute Gasteiger partial charge is 0.316 e. The molecule has 1 unspecified atom stereocenters. The molecule has 0 aliphatic carbocycles. The Labute approximate surface area is 136 Å². The third kappa shape index (κ3) is 5.60. The van der Waals surface area contributed by atoms with Gasteiger partial charge in [-0.25, -0.2) is 0 Å². The van der Waals surface area contributed by atoms with E-state index in [1.165, 1.54) is 17.5 Å². The predicted molar refractivity (Wildman–Crippen MR) is 92.6 cm³/mol. The molecule has 1 atom stereocenters. The molecule has 3 heteroatoms. The number of aromatic nitrogens is 1. The molecule has 2 nitrogen and oxygen atoms in total. The second-order valence-electron chi connectivity index (χ2n) is 5.36. The molecule has 0 spiro atoms. The molecule has 21 heavy (non-hydrogen) atoms. The van der Waals surface area contributed by atoms with Gasteiger partial charge in [0.2, 0.25) is 0 Å². The molecule has 1 heterocycles. The zero-order valence-corrected chi connectivity index (χ0v) is 14.1. The molecule has 1 aromatic carbocycles. The van der Waals surface area contributed by atoms with Gasteiger partial charge in [-0.3, -0.25) is 4.98 Å². The molecule has 0 bridgehead atoms. The lowest BCUT2D eigenvalue weighted by Crippen LogP contribution is -2.22. The van der Waals surface area contributed by atoms with E-state index in [1.54, 1.807) is 0 Å². The zero-order valence-electron chi connectivity index (χ0n) is 12.6. The van der Waals surface area contributed by atoms with Crippen molar-refractivity contribution in [1.29, 1.82) is 0 Å². The molecule has 112 valence electrons. The highest BCUT2D eigenvalue weighted by atomic mass is 79.9. The molecule has 0 aliphatic heterocycles. The fourth-order valence-corrected chi connectivity index (χ4v) is 2.91. The molecule has 0 radical (unpaired) electrons. The number of rotatable bonds is 8. The number of benzene rings is 1. The van der Waals surface area contributed by atoms with E-state index < -0.39 is 0 Å². The Morgan fingerprint density at radius 3 is 2.71 bits per heavy atom. The number of hydrogen-bond acceptors (Lipinski definition) is 2. The number of nitrogens with zero attached hydrogens (tertiary/aromatic N) is 1. The predicted octanol–water partition coefficient (Wildman–Crippen LogP) is 4.56. The van der Waals surface area contributed by atoms with Crippen LogP contribution in [0.1, 0.15) is 36.8 Å². The molecule has 0 amide bonds. The maximum Gasteiger partial charge on any atom is 0.0410 e. The van der Waals surface area contributed by atoms with Crippen LogP contribution in [0.25, 0.3) is 0 Å². The lowest BCUT2D eigenvalue weighted by Gasteiger charge is -2.18. The Balaban J connectivity index is 1.98. The highest BCUT2D eigenvalue weighted by Gasteiger charge is 2.11. The summed E-state index contributed by atoms with van der Waals surface area (Å²) in [7, 11) is 0. The Morgan fingerprint density at radius 1 is 1.19 bits per heavy atom. The van der Waals surface area contributed by atoms with E-state index in [9.17, 15) is 0 Å². The molecule has 0 fully saturated rings. The van der Waals surface area contributed by atoms with Crippen LogP contribution >= 0.6 is 15.9 Å². The molecule has 1 N–H and O–H groups in total. The normalized spacial score (nSPS) is 12.3. The van der Waals surface area contributed by atoms with Crippen LogP contribution in [0.5, 0.6) is 0 Å². The number of aryl methyl sites for hydroxylation is 1. The minimum atomic E-state index is 0.553. The second kappa shape index (κ2) is 8.96. The van der Waals surface area contributed by atoms with E-state index in [2.05, 4.69) is 69.6 Å². The Bertz CT molecular complexity index is 528. The van der Waals surface area contributed by atoms with Crippen LogP contribution in [0.3, 0.4) is 0 Å². The van der Waals surface area contributed by atoms with E-state index in [4.69, 9.17) is 0 Å². The zero-order chi connectivity index (χ0) is 14.9. The summed E-state index contributed by atoms with van der Waals surface area (Å²) in [6.45, 7) is 4.33. The van der Waals surface area contributed by atoms with Crippen molar-refractivity contribution < 1.29 is 0 Å². The van der Waals surface area contributed by atoms with E-state index in [1.807, 2.05) is 12.4 Å². The number of halogens is 1. The maximum atomic E-state index is 4.25. The van der Waals surface area contributed by atoms with Crippen molar-refractivity contribution in [3.05, 3.63) is 64.4 Å². The van der Waals surface area contributed by atoms with Gasteiger partial charge in [0.1, 0.15) is 0 Å². The Kier molecular flexibility index (Phi) is 6.90. The maximum absolute atomic E-state index is 4.25. The van der Waals surface area contributed by atoms with Crippen LogP contribution in [0.15, 0.2) is 53.3 Å². The standard InChI is InChI=1S/C18H23BrN2/c1-2-10-20-13-17(16-6-4-3-5-7-16)9-8-15-11-18(19)14-21-12-15/h3-7,11-12,14,17,20H,2,8-10,13H2,1H3. The summed E-state index contributed by atoms with van der Waals surface area (Å²) in [5.74, 6) is 0.553. The van der Waals surface area contributed by atoms with Crippen LogP contribution in [-0.4, -0.2) is 18.1 Å². The van der Waals surface area contributed by atoms with Crippen LogP contribution in [0.2, 0.25) is 0 Å². The topological polar surface area (TPSA) is 24.9 Å². The van der Waals surface area contributed by atoms with Gasteiger partial charge in [-0.15, -0.1) is 0 Å². The van der Waals surface area contributed by atoms with Crippen molar-refractivity contribution in [3.8, 4) is 0 Å². The van der Waals surface area contributed by atoms with Crippen molar-refractivity contribution in [1.82, 2.24) is 10.3 Å². The molecule has 2 aromatic rings. The van der Waals surface area contributed by atoms with Crippen LogP contribution in [0.4, 0.5) is 0 Å². The summed E-state index contributed by atoms with van der Waals surface area (Å²) < 4.78 is 1.06. The van der Waals surface area contributed by atoms with Gasteiger partial charge in [-0.05, 0) is 64.8 Å².